The first-order valence-corrected chi connectivity index (χ1v) is 11.4. The Bertz CT molecular complexity index is 1040. The van der Waals surface area contributed by atoms with E-state index in [1.807, 2.05) is 24.3 Å². The Hall–Kier alpha value is -3.07. The molecule has 0 unspecified atom stereocenters. The smallest absolute Gasteiger partial charge is 0.317 e. The SMILES string of the molecule is COc1ccccc1N1CCN(C(=O)NCCCN2C(=O)c3ccc(Br)cc3C2=O)CC1. The molecule has 2 aromatic rings. The summed E-state index contributed by atoms with van der Waals surface area (Å²) in [5.41, 5.74) is 1.87. The van der Waals surface area contributed by atoms with Crippen LogP contribution >= 0.6 is 15.9 Å². The standard InChI is InChI=1S/C23H25BrN4O4/c1-32-20-6-3-2-5-19(20)26-11-13-27(14-12-26)23(31)25-9-4-10-28-21(29)17-8-7-16(24)15-18(17)22(28)30/h2-3,5-8,15H,4,9-14H2,1H3,(H,25,31). The maximum Gasteiger partial charge on any atom is 0.317 e. The molecule has 2 heterocycles. The van der Waals surface area contributed by atoms with Gasteiger partial charge >= 0.3 is 6.03 Å². The maximum absolute atomic E-state index is 12.5. The number of halogens is 1. The Morgan fingerprint density at radius 2 is 1.75 bits per heavy atom. The second kappa shape index (κ2) is 9.60. The van der Waals surface area contributed by atoms with Gasteiger partial charge in [0.1, 0.15) is 5.75 Å². The highest BCUT2D eigenvalue weighted by molar-refractivity contribution is 9.10. The van der Waals surface area contributed by atoms with Gasteiger partial charge in [-0.3, -0.25) is 14.5 Å². The summed E-state index contributed by atoms with van der Waals surface area (Å²) in [4.78, 5) is 42.7. The third kappa shape index (κ3) is 4.43. The number of anilines is 1. The quantitative estimate of drug-likeness (QED) is 0.487. The van der Waals surface area contributed by atoms with Gasteiger partial charge in [-0.15, -0.1) is 0 Å². The summed E-state index contributed by atoms with van der Waals surface area (Å²) < 4.78 is 6.19. The molecular weight excluding hydrogens is 476 g/mol. The minimum atomic E-state index is -0.287. The van der Waals surface area contributed by atoms with Gasteiger partial charge in [0.25, 0.3) is 11.8 Å². The van der Waals surface area contributed by atoms with E-state index in [-0.39, 0.29) is 24.4 Å². The minimum absolute atomic E-state index is 0.129. The first kappa shape index (κ1) is 22.1. The van der Waals surface area contributed by atoms with E-state index in [9.17, 15) is 14.4 Å². The normalized spacial score (nSPS) is 15.8. The molecule has 4 rings (SSSR count). The lowest BCUT2D eigenvalue weighted by Crippen LogP contribution is -2.52. The van der Waals surface area contributed by atoms with E-state index in [4.69, 9.17) is 4.74 Å². The van der Waals surface area contributed by atoms with Crippen molar-refractivity contribution >= 4 is 39.5 Å². The van der Waals surface area contributed by atoms with Crippen LogP contribution in [-0.2, 0) is 0 Å². The van der Waals surface area contributed by atoms with Gasteiger partial charge < -0.3 is 19.9 Å². The van der Waals surface area contributed by atoms with E-state index in [2.05, 4.69) is 26.1 Å². The largest absolute Gasteiger partial charge is 0.495 e. The number of hydrogen-bond acceptors (Lipinski definition) is 5. The number of benzene rings is 2. The average molecular weight is 501 g/mol. The second-order valence-electron chi connectivity index (χ2n) is 7.68. The Labute approximate surface area is 195 Å². The van der Waals surface area contributed by atoms with Crippen molar-refractivity contribution in [2.75, 3.05) is 51.3 Å². The lowest BCUT2D eigenvalue weighted by molar-refractivity contribution is 0.0653. The molecule has 1 saturated heterocycles. The molecule has 0 saturated carbocycles. The van der Waals surface area contributed by atoms with Gasteiger partial charge in [0.05, 0.1) is 23.9 Å². The van der Waals surface area contributed by atoms with Gasteiger partial charge in [0, 0.05) is 43.7 Å². The second-order valence-corrected chi connectivity index (χ2v) is 8.60. The van der Waals surface area contributed by atoms with Crippen molar-refractivity contribution in [2.24, 2.45) is 0 Å². The molecule has 2 aliphatic heterocycles. The molecule has 0 spiro atoms. The molecule has 0 radical (unpaired) electrons. The van der Waals surface area contributed by atoms with Gasteiger partial charge in [-0.25, -0.2) is 4.79 Å². The van der Waals surface area contributed by atoms with Crippen molar-refractivity contribution in [3.05, 3.63) is 58.1 Å². The number of carbonyl (C=O) groups is 3. The predicted octanol–water partition coefficient (Wildman–Crippen LogP) is 2.98. The van der Waals surface area contributed by atoms with E-state index in [0.717, 1.165) is 29.0 Å². The summed E-state index contributed by atoms with van der Waals surface area (Å²) in [7, 11) is 1.66. The van der Waals surface area contributed by atoms with Gasteiger partial charge in [0.15, 0.2) is 0 Å². The van der Waals surface area contributed by atoms with Crippen LogP contribution in [0.2, 0.25) is 0 Å². The number of methoxy groups -OCH3 is 1. The van der Waals surface area contributed by atoms with Gasteiger partial charge in [-0.1, -0.05) is 28.1 Å². The van der Waals surface area contributed by atoms with E-state index in [1.54, 1.807) is 30.2 Å². The summed E-state index contributed by atoms with van der Waals surface area (Å²) in [6.45, 7) is 3.32. The molecule has 0 aliphatic carbocycles. The molecular formula is C23H25BrN4O4. The van der Waals surface area contributed by atoms with Crippen molar-refractivity contribution in [3.63, 3.8) is 0 Å². The number of imide groups is 1. The highest BCUT2D eigenvalue weighted by Crippen LogP contribution is 2.28. The number of carbonyl (C=O) groups excluding carboxylic acids is 3. The number of para-hydroxylation sites is 2. The summed E-state index contributed by atoms with van der Waals surface area (Å²) in [5.74, 6) is 0.257. The number of piperazine rings is 1. The van der Waals surface area contributed by atoms with Crippen molar-refractivity contribution in [1.29, 1.82) is 0 Å². The molecule has 9 heteroatoms. The van der Waals surface area contributed by atoms with Gasteiger partial charge in [-0.2, -0.15) is 0 Å². The highest BCUT2D eigenvalue weighted by atomic mass is 79.9. The zero-order valence-electron chi connectivity index (χ0n) is 17.8. The Morgan fingerprint density at radius 1 is 1.03 bits per heavy atom. The Morgan fingerprint density at radius 3 is 2.50 bits per heavy atom. The summed E-state index contributed by atoms with van der Waals surface area (Å²) in [5, 5.41) is 2.90. The van der Waals surface area contributed by atoms with Crippen LogP contribution < -0.4 is 15.0 Å². The molecule has 0 bridgehead atoms. The topological polar surface area (TPSA) is 82.2 Å². The van der Waals surface area contributed by atoms with E-state index < -0.39 is 0 Å². The zero-order chi connectivity index (χ0) is 22.7. The molecule has 0 aromatic heterocycles. The van der Waals surface area contributed by atoms with Crippen LogP contribution in [0.15, 0.2) is 46.9 Å². The lowest BCUT2D eigenvalue weighted by atomic mass is 10.1. The van der Waals surface area contributed by atoms with Crippen molar-refractivity contribution in [3.8, 4) is 5.75 Å². The molecule has 1 N–H and O–H groups in total. The van der Waals surface area contributed by atoms with Crippen LogP contribution in [0.25, 0.3) is 0 Å². The van der Waals surface area contributed by atoms with Gasteiger partial charge in [-0.05, 0) is 36.8 Å². The monoisotopic (exact) mass is 500 g/mol. The van der Waals surface area contributed by atoms with E-state index in [1.165, 1.54) is 4.90 Å². The third-order valence-electron chi connectivity index (χ3n) is 5.76. The number of amides is 4. The molecule has 0 atom stereocenters. The number of fused-ring (bicyclic) bond motifs is 1. The zero-order valence-corrected chi connectivity index (χ0v) is 19.4. The molecule has 8 nitrogen and oxygen atoms in total. The van der Waals surface area contributed by atoms with Crippen LogP contribution in [0, 0.1) is 0 Å². The summed E-state index contributed by atoms with van der Waals surface area (Å²) in [6, 6.07) is 12.8. The minimum Gasteiger partial charge on any atom is -0.495 e. The Balaban J connectivity index is 1.22. The van der Waals surface area contributed by atoms with Gasteiger partial charge in [0.2, 0.25) is 0 Å². The third-order valence-corrected chi connectivity index (χ3v) is 6.25. The maximum atomic E-state index is 12.5. The number of ether oxygens (including phenoxy) is 1. The molecule has 4 amide bonds. The van der Waals surface area contributed by atoms with Crippen molar-refractivity contribution < 1.29 is 19.1 Å². The summed E-state index contributed by atoms with van der Waals surface area (Å²) in [6.07, 6.45) is 0.500. The number of nitrogens with zero attached hydrogens (tertiary/aromatic N) is 3. The van der Waals surface area contributed by atoms with Crippen LogP contribution in [0.1, 0.15) is 27.1 Å². The molecule has 168 valence electrons. The highest BCUT2D eigenvalue weighted by Gasteiger charge is 2.35. The number of urea groups is 1. The molecule has 32 heavy (non-hydrogen) atoms. The van der Waals surface area contributed by atoms with Crippen LogP contribution in [0.5, 0.6) is 5.75 Å². The summed E-state index contributed by atoms with van der Waals surface area (Å²) >= 11 is 3.33. The fraction of sp³-hybridized carbons (Fsp3) is 0.348. The first-order valence-electron chi connectivity index (χ1n) is 10.6. The molecule has 2 aromatic carbocycles. The fourth-order valence-corrected chi connectivity index (χ4v) is 4.41. The first-order chi connectivity index (χ1) is 15.5. The number of nitrogens with one attached hydrogen (secondary N) is 1. The molecule has 2 aliphatic rings. The van der Waals surface area contributed by atoms with Crippen LogP contribution in [-0.4, -0.2) is 74.0 Å². The average Bonchev–Trinajstić information content (AvgIpc) is 3.05. The van der Waals surface area contributed by atoms with Crippen LogP contribution in [0.4, 0.5) is 10.5 Å². The van der Waals surface area contributed by atoms with E-state index >= 15 is 0 Å². The van der Waals surface area contributed by atoms with E-state index in [0.29, 0.717) is 37.2 Å². The number of hydrogen-bond donors (Lipinski definition) is 1. The Kier molecular flexibility index (Phi) is 6.64. The fourth-order valence-electron chi connectivity index (χ4n) is 4.05. The van der Waals surface area contributed by atoms with Crippen molar-refractivity contribution in [1.82, 2.24) is 15.1 Å². The predicted molar refractivity (Wildman–Crippen MR) is 124 cm³/mol. The number of rotatable bonds is 6. The molecule has 1 fully saturated rings. The van der Waals surface area contributed by atoms with Crippen LogP contribution in [0.3, 0.4) is 0 Å². The lowest BCUT2D eigenvalue weighted by Gasteiger charge is -2.36. The van der Waals surface area contributed by atoms with Crippen molar-refractivity contribution in [2.45, 2.75) is 6.42 Å².